The van der Waals surface area contributed by atoms with Gasteiger partial charge in [-0.05, 0) is 50.5 Å². The normalized spacial score (nSPS) is 15.3. The molecule has 1 aliphatic rings. The summed E-state index contributed by atoms with van der Waals surface area (Å²) in [5, 5.41) is 3.06. The molecule has 1 aromatic rings. The molecule has 0 radical (unpaired) electrons. The highest BCUT2D eigenvalue weighted by Gasteiger charge is 2.23. The van der Waals surface area contributed by atoms with E-state index in [9.17, 15) is 9.59 Å². The number of benzene rings is 1. The van der Waals surface area contributed by atoms with Gasteiger partial charge < -0.3 is 15.0 Å². The quantitative estimate of drug-likeness (QED) is 0.877. The van der Waals surface area contributed by atoms with Crippen molar-refractivity contribution in [2.24, 2.45) is 0 Å². The summed E-state index contributed by atoms with van der Waals surface area (Å²) in [4.78, 5) is 26.0. The van der Waals surface area contributed by atoms with E-state index in [1.165, 1.54) is 0 Å². The van der Waals surface area contributed by atoms with Gasteiger partial charge in [0.15, 0.2) is 0 Å². The zero-order chi connectivity index (χ0) is 16.7. The molecule has 0 aliphatic carbocycles. The highest BCUT2D eigenvalue weighted by atomic mass is 16.5. The third-order valence-corrected chi connectivity index (χ3v) is 4.07. The van der Waals surface area contributed by atoms with Crippen LogP contribution in [0, 0.1) is 0 Å². The Labute approximate surface area is 138 Å². The Kier molecular flexibility index (Phi) is 6.44. The van der Waals surface area contributed by atoms with Crippen molar-refractivity contribution in [2.45, 2.75) is 45.6 Å². The van der Waals surface area contributed by atoms with Crippen LogP contribution in [0.4, 0.5) is 0 Å². The molecule has 0 spiro atoms. The minimum absolute atomic E-state index is 0.0635. The van der Waals surface area contributed by atoms with E-state index in [1.54, 1.807) is 12.1 Å². The van der Waals surface area contributed by atoms with Crippen LogP contribution < -0.4 is 10.1 Å². The number of rotatable bonds is 6. The molecular weight excluding hydrogens is 292 g/mol. The van der Waals surface area contributed by atoms with E-state index in [1.807, 2.05) is 30.9 Å². The minimum atomic E-state index is -0.0635. The van der Waals surface area contributed by atoms with E-state index >= 15 is 0 Å². The molecule has 1 aromatic carbocycles. The second-order valence-corrected chi connectivity index (χ2v) is 5.84. The zero-order valence-electron chi connectivity index (χ0n) is 14.0. The highest BCUT2D eigenvalue weighted by Crippen LogP contribution is 2.15. The number of hydrogen-bond donors (Lipinski definition) is 1. The maximum absolute atomic E-state index is 12.3. The third-order valence-electron chi connectivity index (χ3n) is 4.07. The number of likely N-dealkylation sites (tertiary alicyclic amines) is 1. The number of piperidine rings is 1. The average Bonchev–Trinajstić information content (AvgIpc) is 2.56. The molecule has 5 nitrogen and oxygen atoms in total. The molecule has 0 bridgehead atoms. The number of amides is 2. The van der Waals surface area contributed by atoms with Crippen molar-refractivity contribution in [3.8, 4) is 5.75 Å². The van der Waals surface area contributed by atoms with Gasteiger partial charge in [-0.15, -0.1) is 0 Å². The van der Waals surface area contributed by atoms with E-state index in [4.69, 9.17) is 4.74 Å². The predicted molar refractivity (Wildman–Crippen MR) is 89.6 cm³/mol. The Balaban J connectivity index is 1.81. The summed E-state index contributed by atoms with van der Waals surface area (Å²) < 4.78 is 5.38. The van der Waals surface area contributed by atoms with Gasteiger partial charge in [0.2, 0.25) is 5.91 Å². The van der Waals surface area contributed by atoms with Gasteiger partial charge in [0.1, 0.15) is 5.75 Å². The Morgan fingerprint density at radius 3 is 2.39 bits per heavy atom. The lowest BCUT2D eigenvalue weighted by molar-refractivity contribution is -0.132. The summed E-state index contributed by atoms with van der Waals surface area (Å²) in [6.07, 6.45) is 3.13. The van der Waals surface area contributed by atoms with Gasteiger partial charge >= 0.3 is 0 Å². The monoisotopic (exact) mass is 318 g/mol. The van der Waals surface area contributed by atoms with Crippen LogP contribution in [0.3, 0.4) is 0 Å². The van der Waals surface area contributed by atoms with Crippen molar-refractivity contribution in [1.82, 2.24) is 10.2 Å². The van der Waals surface area contributed by atoms with Crippen molar-refractivity contribution in [1.29, 1.82) is 0 Å². The molecule has 126 valence electrons. The molecule has 1 aliphatic heterocycles. The maximum atomic E-state index is 12.3. The first-order valence-corrected chi connectivity index (χ1v) is 8.45. The van der Waals surface area contributed by atoms with Gasteiger partial charge in [-0.25, -0.2) is 0 Å². The Morgan fingerprint density at radius 2 is 1.83 bits per heavy atom. The van der Waals surface area contributed by atoms with Crippen LogP contribution >= 0.6 is 0 Å². The topological polar surface area (TPSA) is 58.6 Å². The SMILES string of the molecule is CCCC(=O)N1CCC(NC(=O)c2ccc(OCC)cc2)CC1. The van der Waals surface area contributed by atoms with Crippen molar-refractivity contribution < 1.29 is 14.3 Å². The maximum Gasteiger partial charge on any atom is 0.251 e. The fourth-order valence-corrected chi connectivity index (χ4v) is 2.78. The number of carbonyl (C=O) groups excluding carboxylic acids is 2. The van der Waals surface area contributed by atoms with Crippen LogP contribution in [0.5, 0.6) is 5.75 Å². The van der Waals surface area contributed by atoms with Gasteiger partial charge in [0.05, 0.1) is 6.61 Å². The third kappa shape index (κ3) is 4.98. The number of ether oxygens (including phenoxy) is 1. The van der Waals surface area contributed by atoms with E-state index in [-0.39, 0.29) is 17.9 Å². The molecule has 1 saturated heterocycles. The molecule has 0 saturated carbocycles. The van der Waals surface area contributed by atoms with Crippen molar-refractivity contribution >= 4 is 11.8 Å². The Hall–Kier alpha value is -2.04. The lowest BCUT2D eigenvalue weighted by atomic mass is 10.0. The first kappa shape index (κ1) is 17.3. The lowest BCUT2D eigenvalue weighted by Gasteiger charge is -2.32. The number of nitrogens with zero attached hydrogens (tertiary/aromatic N) is 1. The van der Waals surface area contributed by atoms with Crippen molar-refractivity contribution in [3.05, 3.63) is 29.8 Å². The Bertz CT molecular complexity index is 520. The molecule has 0 aromatic heterocycles. The smallest absolute Gasteiger partial charge is 0.251 e. The zero-order valence-corrected chi connectivity index (χ0v) is 14.0. The second-order valence-electron chi connectivity index (χ2n) is 5.84. The van der Waals surface area contributed by atoms with Gasteiger partial charge in [0.25, 0.3) is 5.91 Å². The van der Waals surface area contributed by atoms with Crippen LogP contribution in [0.1, 0.15) is 49.9 Å². The fraction of sp³-hybridized carbons (Fsp3) is 0.556. The van der Waals surface area contributed by atoms with Crippen LogP contribution in [-0.4, -0.2) is 42.5 Å². The number of nitrogens with one attached hydrogen (secondary N) is 1. The number of carbonyl (C=O) groups is 2. The van der Waals surface area contributed by atoms with E-state index in [2.05, 4.69) is 5.32 Å². The summed E-state index contributed by atoms with van der Waals surface area (Å²) in [6, 6.07) is 7.31. The van der Waals surface area contributed by atoms with Crippen molar-refractivity contribution in [2.75, 3.05) is 19.7 Å². The molecule has 1 N–H and O–H groups in total. The van der Waals surface area contributed by atoms with E-state index in [0.29, 0.717) is 18.6 Å². The summed E-state index contributed by atoms with van der Waals surface area (Å²) >= 11 is 0. The largest absolute Gasteiger partial charge is 0.494 e. The predicted octanol–water partition coefficient (Wildman–Crippen LogP) is 2.61. The van der Waals surface area contributed by atoms with Gasteiger partial charge in [-0.3, -0.25) is 9.59 Å². The molecule has 5 heteroatoms. The second kappa shape index (κ2) is 8.56. The van der Waals surface area contributed by atoms with Crippen LogP contribution in [0.25, 0.3) is 0 Å². The average molecular weight is 318 g/mol. The summed E-state index contributed by atoms with van der Waals surface area (Å²) in [6.45, 7) is 6.01. The van der Waals surface area contributed by atoms with Crippen LogP contribution in [0.15, 0.2) is 24.3 Å². The summed E-state index contributed by atoms with van der Waals surface area (Å²) in [7, 11) is 0. The Morgan fingerprint density at radius 1 is 1.17 bits per heavy atom. The van der Waals surface area contributed by atoms with Crippen LogP contribution in [0.2, 0.25) is 0 Å². The summed E-state index contributed by atoms with van der Waals surface area (Å²) in [5.41, 5.74) is 0.637. The molecule has 0 unspecified atom stereocenters. The van der Waals surface area contributed by atoms with Gasteiger partial charge in [-0.1, -0.05) is 6.92 Å². The molecule has 0 atom stereocenters. The molecular formula is C18H26N2O3. The highest BCUT2D eigenvalue weighted by molar-refractivity contribution is 5.94. The molecule has 2 rings (SSSR count). The molecule has 1 heterocycles. The van der Waals surface area contributed by atoms with E-state index < -0.39 is 0 Å². The molecule has 1 fully saturated rings. The first-order chi connectivity index (χ1) is 11.1. The minimum Gasteiger partial charge on any atom is -0.494 e. The summed E-state index contributed by atoms with van der Waals surface area (Å²) in [5.74, 6) is 0.932. The standard InChI is InChI=1S/C18H26N2O3/c1-3-5-17(21)20-12-10-15(11-13-20)19-18(22)14-6-8-16(9-7-14)23-4-2/h6-9,15H,3-5,10-13H2,1-2H3,(H,19,22). The van der Waals surface area contributed by atoms with Gasteiger partial charge in [0, 0.05) is 31.1 Å². The fourth-order valence-electron chi connectivity index (χ4n) is 2.78. The van der Waals surface area contributed by atoms with Crippen LogP contribution in [-0.2, 0) is 4.79 Å². The van der Waals surface area contributed by atoms with Crippen molar-refractivity contribution in [3.63, 3.8) is 0 Å². The number of hydrogen-bond acceptors (Lipinski definition) is 3. The molecule has 2 amide bonds. The first-order valence-electron chi connectivity index (χ1n) is 8.45. The van der Waals surface area contributed by atoms with Gasteiger partial charge in [-0.2, -0.15) is 0 Å². The molecule has 23 heavy (non-hydrogen) atoms. The van der Waals surface area contributed by atoms with E-state index in [0.717, 1.165) is 38.1 Å². The lowest BCUT2D eigenvalue weighted by Crippen LogP contribution is -2.46.